The summed E-state index contributed by atoms with van der Waals surface area (Å²) in [6.07, 6.45) is 6.95. The van der Waals surface area contributed by atoms with Gasteiger partial charge in [0.2, 0.25) is 0 Å². The molecule has 4 heterocycles. The van der Waals surface area contributed by atoms with E-state index in [2.05, 4.69) is 64.5 Å². The number of H-pyrrole nitrogens is 1. The lowest BCUT2D eigenvalue weighted by Crippen LogP contribution is -2.73. The molecule has 3 aromatic rings. The van der Waals surface area contributed by atoms with Gasteiger partial charge >= 0.3 is 5.97 Å². The Kier molecular flexibility index (Phi) is 18.4. The summed E-state index contributed by atoms with van der Waals surface area (Å²) >= 11 is 0. The number of carbonyl (C=O) groups is 3. The number of hydrogen-bond donors (Lipinski definition) is 13. The number of nitrogens with two attached hydrogens (primary N) is 1. The summed E-state index contributed by atoms with van der Waals surface area (Å²) in [6, 6.07) is 14.9. The zero-order chi connectivity index (χ0) is 69.4. The zero-order valence-electron chi connectivity index (χ0n) is 56.8. The van der Waals surface area contributed by atoms with Crippen molar-refractivity contribution in [1.82, 2.24) is 15.6 Å². The highest BCUT2D eigenvalue weighted by atomic mass is 33.1. The average Bonchev–Trinajstić information content (AvgIpc) is 1.58. The molecule has 0 amide bonds. The Morgan fingerprint density at radius 1 is 0.889 bits per heavy atom. The Morgan fingerprint density at radius 2 is 1.68 bits per heavy atom. The van der Waals surface area contributed by atoms with E-state index in [1.807, 2.05) is 56.6 Å². The van der Waals surface area contributed by atoms with Crippen molar-refractivity contribution in [3.05, 3.63) is 124 Å². The van der Waals surface area contributed by atoms with Gasteiger partial charge in [0, 0.05) is 102 Å². The van der Waals surface area contributed by atoms with E-state index in [0.29, 0.717) is 30.1 Å². The number of aliphatic hydroxyl groups is 8. The number of aromatic amines is 1. The topological polar surface area (TPSA) is 321 Å². The third-order valence-electron chi connectivity index (χ3n) is 27.3. The van der Waals surface area contributed by atoms with Gasteiger partial charge in [0.15, 0.2) is 23.8 Å². The first-order valence-electron chi connectivity index (χ1n) is 36.4. The largest absolute Gasteiger partial charge is 0.508 e. The van der Waals surface area contributed by atoms with E-state index in [-0.39, 0.29) is 104 Å². The first kappa shape index (κ1) is 68.9. The lowest BCUT2D eigenvalue weighted by Gasteiger charge is -2.69. The minimum Gasteiger partial charge on any atom is -0.508 e. The lowest BCUT2D eigenvalue weighted by atomic mass is 9.36. The maximum Gasteiger partial charge on any atom is 0.314 e. The van der Waals surface area contributed by atoms with E-state index in [0.717, 1.165) is 41.5 Å². The van der Waals surface area contributed by atoms with Gasteiger partial charge in [-0.3, -0.25) is 14.4 Å². The van der Waals surface area contributed by atoms with Crippen molar-refractivity contribution in [2.24, 2.45) is 122 Å². The molecule has 2 aromatic carbocycles. The van der Waals surface area contributed by atoms with Crippen LogP contribution in [0.2, 0.25) is 0 Å². The fourth-order valence-electron chi connectivity index (χ4n) is 23.4. The third kappa shape index (κ3) is 11.2. The number of Topliss-reactive ketones (excluding diaryl/α,β-unsaturated/α-hetero) is 2. The predicted molar refractivity (Wildman–Crippen MR) is 376 cm³/mol. The maximum absolute atomic E-state index is 16.9. The van der Waals surface area contributed by atoms with E-state index < -0.39 is 160 Å². The number of aliphatic hydroxyl groups excluding tert-OH is 5. The van der Waals surface area contributed by atoms with Crippen molar-refractivity contribution in [3.8, 4) is 29.4 Å². The minimum atomic E-state index is -2.20. The highest BCUT2D eigenvalue weighted by Crippen LogP contribution is 2.78. The van der Waals surface area contributed by atoms with Crippen LogP contribution >= 0.6 is 21.6 Å². The number of allylic oxidation sites excluding steroid dienone is 5. The molecule has 28 atom stereocenters. The second kappa shape index (κ2) is 26.4. The molecule has 18 nitrogen and oxygen atoms in total. The molecule has 9 aliphatic carbocycles. The van der Waals surface area contributed by atoms with Crippen LogP contribution in [-0.2, 0) is 25.7 Å². The molecule has 8 bridgehead atoms. The van der Waals surface area contributed by atoms with E-state index in [1.165, 1.54) is 27.2 Å². The third-order valence-corrected chi connectivity index (χ3v) is 29.9. The number of aromatic nitrogens is 1. The Labute approximate surface area is 587 Å². The van der Waals surface area contributed by atoms with Crippen molar-refractivity contribution in [2.45, 2.75) is 165 Å². The van der Waals surface area contributed by atoms with Gasteiger partial charge in [-0.15, -0.1) is 5.92 Å². The first-order valence-corrected chi connectivity index (χ1v) is 38.9. The monoisotopic (exact) mass is 1390 g/mol. The van der Waals surface area contributed by atoms with Gasteiger partial charge in [-0.1, -0.05) is 114 Å². The molecule has 0 radical (unpaired) electrons. The van der Waals surface area contributed by atoms with E-state index in [9.17, 15) is 45.6 Å². The summed E-state index contributed by atoms with van der Waals surface area (Å²) in [5.74, 6) is 4.20. The number of nitrogens with one attached hydrogen (secondary N) is 3. The number of ketones is 2. The Hall–Kier alpha value is -5.88. The molecule has 12 aliphatic rings. The Morgan fingerprint density at radius 3 is 2.43 bits per heavy atom. The first-order chi connectivity index (χ1) is 47.5. The Bertz CT molecular complexity index is 3890. The van der Waals surface area contributed by atoms with Crippen LogP contribution in [0.1, 0.15) is 132 Å². The molecular formula is C79H97N5O13S2. The van der Waals surface area contributed by atoms with Gasteiger partial charge < -0.3 is 72.0 Å². The van der Waals surface area contributed by atoms with Crippen LogP contribution in [0.25, 0.3) is 0 Å². The van der Waals surface area contributed by atoms with Crippen LogP contribution in [0.5, 0.6) is 5.75 Å². The fraction of sp³-hybridized carbons (Fsp3) is 0.620. The van der Waals surface area contributed by atoms with E-state index in [1.54, 1.807) is 31.2 Å². The van der Waals surface area contributed by atoms with Crippen LogP contribution in [0.15, 0.2) is 107 Å². The number of rotatable bonds is 6. The molecule has 1 aromatic heterocycles. The number of nitrogens with zero attached hydrogens (tertiary/aromatic N) is 1. The number of esters is 1. The van der Waals surface area contributed by atoms with Crippen LogP contribution < -0.4 is 16.4 Å². The quantitative estimate of drug-likeness (QED) is 0.0388. The van der Waals surface area contributed by atoms with Crippen molar-refractivity contribution in [2.75, 3.05) is 24.7 Å². The number of ether oxygens (including phenoxy) is 1. The number of carbonyl (C=O) groups excluding carboxylic acids is 3. The molecule has 1 spiro atoms. The van der Waals surface area contributed by atoms with E-state index in [4.69, 9.17) is 15.5 Å². The number of cyclic esters (lactones) is 1. The van der Waals surface area contributed by atoms with Crippen molar-refractivity contribution in [3.63, 3.8) is 0 Å². The number of aliphatic imine (C=N–C) groups is 1. The number of benzene rings is 2. The Balaban J connectivity index is 0.978. The lowest BCUT2D eigenvalue weighted by molar-refractivity contribution is -0.238. The van der Waals surface area contributed by atoms with Gasteiger partial charge in [0.1, 0.15) is 17.9 Å². The number of guanidine groups is 1. The van der Waals surface area contributed by atoms with Crippen molar-refractivity contribution in [1.29, 1.82) is 0 Å². The second-order valence-electron chi connectivity index (χ2n) is 32.3. The molecule has 99 heavy (non-hydrogen) atoms. The van der Waals surface area contributed by atoms with Crippen LogP contribution in [0.3, 0.4) is 0 Å². The van der Waals surface area contributed by atoms with Gasteiger partial charge in [-0.25, -0.2) is 4.99 Å². The predicted octanol–water partition coefficient (Wildman–Crippen LogP) is 7.00. The standard InChI is InChI=1S/C79H97N5O13S2/c1-5-60-65(63(74(94)97-60)47-23-24-81-33-47)51-12-8-11-45-31-79(96)68-66(76(3)32-59(88)70(90)55-38-99-98-37-49(41-17-20-50(86)21-18-41)28-58(87)57(36-85)84-69(68)71(91)67(55)76)48-27-43-16-15-40-9-6-7-10-46(40)34-82-75(80)83-35-56(43)78(79,30-48)72(45)77(4,95)61(89)29-54(73(92)93)62-44-19-22-52(51)64(62)53-25-39(2)13-14-42(53)26-44/h6-7,9-10,17-24,26,33,39,43-45,48-49,51-57,59-67,70,72-73,81,84-86,88-90,92-93,95-96H,5,11,13-14,25,27-32,34-38H2,1-4H3,(H3,80,82,83)/t39-,43+,44+,45-,48-,49-,51-,52+,53-,54-,55+,56-,57+,59+,60-,61-,62+,63+,64-,65-,66+,67+,70-,72-,76-,77+,78+,79-/m1/s1. The SMILES string of the molecule is CC[C@H]1OC(=O)[C@@H](c2cc[nH]c2)[C@@H]1[C@@H]1C#CC[C@@H]2C[C@@]3(O)C4=C5N[C@@H](CO)C(=O)C[C@@H](c6ccc(O)cc6)CSSC[C@@H]6[C@@H](O)[C@@H](O)C[C@](C)([C@H]4[C@@H]4C[C@@H]7C#Cc8ccccc8CN=C(N)NC[C@H]7[C@@]3(C4)[C@H]2[C@@](C)(O)[C@H](O)C[C@@H](C(O)O)[C@@H]2[C@H]3C=C[C@@H]1[C@@H]2[C@@H]1C[C@H](C)CCC1=C3)[C@@H]6C5=O. The smallest absolute Gasteiger partial charge is 0.314 e. The summed E-state index contributed by atoms with van der Waals surface area (Å²) in [4.78, 5) is 54.9. The maximum atomic E-state index is 16.9. The summed E-state index contributed by atoms with van der Waals surface area (Å²) < 4.78 is 6.44. The van der Waals surface area contributed by atoms with Crippen molar-refractivity contribution >= 4 is 45.1 Å². The summed E-state index contributed by atoms with van der Waals surface area (Å²) in [7, 11) is 2.95. The molecule has 3 aliphatic heterocycles. The van der Waals surface area contributed by atoms with Crippen molar-refractivity contribution < 1.29 is 65.1 Å². The molecule has 5 saturated carbocycles. The molecule has 15 rings (SSSR count). The summed E-state index contributed by atoms with van der Waals surface area (Å²) in [5, 5.41) is 123. The number of aromatic hydroxyl groups is 1. The molecule has 528 valence electrons. The molecule has 2 saturated heterocycles. The average molecular weight is 1390 g/mol. The highest BCUT2D eigenvalue weighted by molar-refractivity contribution is 8.76. The minimum absolute atomic E-state index is 0.0147. The number of fused-ring (bicyclic) bond motifs is 10. The summed E-state index contributed by atoms with van der Waals surface area (Å²) in [5.41, 5.74) is 4.48. The van der Waals surface area contributed by atoms with Crippen LogP contribution in [-0.4, -0.2) is 147 Å². The highest BCUT2D eigenvalue weighted by Gasteiger charge is 2.80. The number of hydrogen-bond acceptors (Lipinski definition) is 19. The van der Waals surface area contributed by atoms with Crippen LogP contribution in [0, 0.1) is 135 Å². The molecule has 0 unspecified atom stereocenters. The normalized spacial score (nSPS) is 44.7. The summed E-state index contributed by atoms with van der Waals surface area (Å²) in [6.45, 7) is 7.45. The van der Waals surface area contributed by atoms with Gasteiger partial charge in [-0.2, -0.15) is 0 Å². The van der Waals surface area contributed by atoms with Gasteiger partial charge in [0.25, 0.3) is 0 Å². The zero-order valence-corrected chi connectivity index (χ0v) is 58.5. The second-order valence-corrected chi connectivity index (χ2v) is 34.9. The molecule has 14 N–H and O–H groups in total. The van der Waals surface area contributed by atoms with Gasteiger partial charge in [-0.05, 0) is 176 Å². The van der Waals surface area contributed by atoms with Crippen LogP contribution in [0.4, 0.5) is 0 Å². The fourth-order valence-corrected chi connectivity index (χ4v) is 26.2. The number of phenols is 1. The molecular weight excluding hydrogens is 1290 g/mol. The molecule has 7 fully saturated rings. The van der Waals surface area contributed by atoms with E-state index >= 15 is 14.7 Å². The van der Waals surface area contributed by atoms with Gasteiger partial charge in [0.05, 0.1) is 54.3 Å². The molecule has 20 heteroatoms. The number of phenolic OH excluding ortho intramolecular Hbond substituents is 1.